The summed E-state index contributed by atoms with van der Waals surface area (Å²) in [6.45, 7) is 0.521. The quantitative estimate of drug-likeness (QED) is 0.709. The number of fused-ring (bicyclic) bond motifs is 2. The van der Waals surface area contributed by atoms with Crippen LogP contribution in [0.5, 0.6) is 11.5 Å². The number of hydrogen-bond donors (Lipinski definition) is 1. The number of carbonyl (C=O) groups is 2. The molecule has 1 aromatic heterocycles. The molecule has 0 fully saturated rings. The van der Waals surface area contributed by atoms with Crippen LogP contribution in [0, 0.1) is 0 Å². The Bertz CT molecular complexity index is 1150. The van der Waals surface area contributed by atoms with Crippen molar-refractivity contribution in [2.24, 2.45) is 0 Å². The summed E-state index contributed by atoms with van der Waals surface area (Å²) in [6, 6.07) is 16.1. The van der Waals surface area contributed by atoms with Gasteiger partial charge >= 0.3 is 0 Å². The fourth-order valence-electron chi connectivity index (χ4n) is 4.27. The van der Waals surface area contributed by atoms with Crippen LogP contribution in [0.1, 0.15) is 39.0 Å². The summed E-state index contributed by atoms with van der Waals surface area (Å²) in [5.41, 5.74) is 2.99. The van der Waals surface area contributed by atoms with E-state index in [1.807, 2.05) is 48.5 Å². The highest BCUT2D eigenvalue weighted by atomic mass is 16.7. The molecule has 5 rings (SSSR count). The Labute approximate surface area is 179 Å². The maximum atomic E-state index is 13.5. The van der Waals surface area contributed by atoms with Gasteiger partial charge in [-0.15, -0.1) is 0 Å². The molecule has 0 spiro atoms. The van der Waals surface area contributed by atoms with Gasteiger partial charge in [0, 0.05) is 31.5 Å². The van der Waals surface area contributed by atoms with Crippen LogP contribution in [0.15, 0.2) is 67.0 Å². The molecule has 2 aliphatic rings. The molecule has 3 heterocycles. The van der Waals surface area contributed by atoms with E-state index in [9.17, 15) is 9.59 Å². The predicted octanol–water partition coefficient (Wildman–Crippen LogP) is 3.04. The molecule has 0 radical (unpaired) electrons. The highest BCUT2D eigenvalue weighted by molar-refractivity contribution is 6.01. The van der Waals surface area contributed by atoms with Crippen LogP contribution in [0.25, 0.3) is 0 Å². The molecule has 0 saturated heterocycles. The third-order valence-electron chi connectivity index (χ3n) is 5.79. The van der Waals surface area contributed by atoms with Crippen molar-refractivity contribution in [3.8, 4) is 11.5 Å². The van der Waals surface area contributed by atoms with Gasteiger partial charge in [0.25, 0.3) is 5.91 Å². The van der Waals surface area contributed by atoms with Crippen LogP contribution in [0.2, 0.25) is 0 Å². The SMILES string of the molecule is CN1C(=O)c2ccccc2[C@@H](C(=O)NCc2cccnc2)[C@@H]1c1ccc2c(c1)OCO2. The van der Waals surface area contributed by atoms with Crippen molar-refractivity contribution in [3.63, 3.8) is 0 Å². The summed E-state index contributed by atoms with van der Waals surface area (Å²) in [7, 11) is 1.73. The van der Waals surface area contributed by atoms with E-state index in [4.69, 9.17) is 9.47 Å². The maximum absolute atomic E-state index is 13.5. The second-order valence-corrected chi connectivity index (χ2v) is 7.62. The van der Waals surface area contributed by atoms with Crippen molar-refractivity contribution in [1.29, 1.82) is 0 Å². The molecule has 156 valence electrons. The molecule has 1 N–H and O–H groups in total. The number of ether oxygens (including phenoxy) is 2. The Kier molecular flexibility index (Phi) is 4.78. The van der Waals surface area contributed by atoms with Crippen molar-refractivity contribution >= 4 is 11.8 Å². The van der Waals surface area contributed by atoms with Gasteiger partial charge < -0.3 is 19.7 Å². The summed E-state index contributed by atoms with van der Waals surface area (Å²) in [5.74, 6) is 0.432. The first kappa shape index (κ1) is 19.1. The molecule has 0 unspecified atom stereocenters. The van der Waals surface area contributed by atoms with Crippen LogP contribution < -0.4 is 14.8 Å². The maximum Gasteiger partial charge on any atom is 0.254 e. The van der Waals surface area contributed by atoms with Gasteiger partial charge in [0.15, 0.2) is 11.5 Å². The lowest BCUT2D eigenvalue weighted by molar-refractivity contribution is -0.124. The van der Waals surface area contributed by atoms with E-state index in [2.05, 4.69) is 10.3 Å². The number of pyridine rings is 1. The fraction of sp³-hybridized carbons (Fsp3) is 0.208. The summed E-state index contributed by atoms with van der Waals surface area (Å²) in [6.07, 6.45) is 3.42. The van der Waals surface area contributed by atoms with E-state index < -0.39 is 12.0 Å². The Morgan fingerprint density at radius 3 is 2.81 bits per heavy atom. The zero-order valence-electron chi connectivity index (χ0n) is 16.9. The molecular weight excluding hydrogens is 394 g/mol. The first-order valence-electron chi connectivity index (χ1n) is 10.1. The summed E-state index contributed by atoms with van der Waals surface area (Å²) in [5, 5.41) is 3.02. The molecule has 0 bridgehead atoms. The Hall–Kier alpha value is -3.87. The van der Waals surface area contributed by atoms with E-state index in [0.29, 0.717) is 23.6 Å². The Morgan fingerprint density at radius 2 is 1.97 bits per heavy atom. The number of nitrogens with one attached hydrogen (secondary N) is 1. The van der Waals surface area contributed by atoms with Gasteiger partial charge in [0.1, 0.15) is 0 Å². The normalized spacial score (nSPS) is 19.1. The van der Waals surface area contributed by atoms with Crippen molar-refractivity contribution in [2.75, 3.05) is 13.8 Å². The number of amides is 2. The number of carbonyl (C=O) groups excluding carboxylic acids is 2. The molecule has 2 atom stereocenters. The van der Waals surface area contributed by atoms with Crippen molar-refractivity contribution < 1.29 is 19.1 Å². The summed E-state index contributed by atoms with van der Waals surface area (Å²) in [4.78, 5) is 32.3. The number of rotatable bonds is 4. The second kappa shape index (κ2) is 7.75. The largest absolute Gasteiger partial charge is 0.454 e. The monoisotopic (exact) mass is 415 g/mol. The molecule has 7 heteroatoms. The Balaban J connectivity index is 1.54. The third-order valence-corrected chi connectivity index (χ3v) is 5.79. The number of benzene rings is 2. The number of hydrogen-bond acceptors (Lipinski definition) is 5. The Morgan fingerprint density at radius 1 is 1.13 bits per heavy atom. The molecule has 0 saturated carbocycles. The molecule has 2 amide bonds. The van der Waals surface area contributed by atoms with E-state index in [-0.39, 0.29) is 18.6 Å². The molecule has 7 nitrogen and oxygen atoms in total. The predicted molar refractivity (Wildman–Crippen MR) is 113 cm³/mol. The number of aromatic nitrogens is 1. The van der Waals surface area contributed by atoms with E-state index in [0.717, 1.165) is 16.7 Å². The number of nitrogens with zero attached hydrogens (tertiary/aromatic N) is 2. The van der Waals surface area contributed by atoms with E-state index in [1.54, 1.807) is 30.4 Å². The average Bonchev–Trinajstić information content (AvgIpc) is 3.28. The topological polar surface area (TPSA) is 80.8 Å². The van der Waals surface area contributed by atoms with Crippen molar-refractivity contribution in [3.05, 3.63) is 89.2 Å². The summed E-state index contributed by atoms with van der Waals surface area (Å²) < 4.78 is 10.9. The smallest absolute Gasteiger partial charge is 0.254 e. The molecule has 31 heavy (non-hydrogen) atoms. The van der Waals surface area contributed by atoms with Gasteiger partial charge in [-0.3, -0.25) is 14.6 Å². The standard InChI is InChI=1S/C24H21N3O4/c1-27-22(16-8-9-19-20(11-16)31-14-30-19)21(17-6-2-3-7-18(17)24(27)29)23(28)26-13-15-5-4-10-25-12-15/h2-12,21-22H,13-14H2,1H3,(H,26,28)/t21-,22+/m1/s1. The lowest BCUT2D eigenvalue weighted by Gasteiger charge is -2.39. The number of likely N-dealkylation sites (N-methyl/N-ethyl adjacent to an activating group) is 1. The summed E-state index contributed by atoms with van der Waals surface area (Å²) >= 11 is 0. The third kappa shape index (κ3) is 3.38. The van der Waals surface area contributed by atoms with Crippen LogP contribution in [0.4, 0.5) is 0 Å². The average molecular weight is 415 g/mol. The van der Waals surface area contributed by atoms with Gasteiger partial charge in [0.05, 0.1) is 12.0 Å². The first-order valence-corrected chi connectivity index (χ1v) is 10.1. The van der Waals surface area contributed by atoms with Crippen LogP contribution in [0.3, 0.4) is 0 Å². The molecular formula is C24H21N3O4. The lowest BCUT2D eigenvalue weighted by atomic mass is 9.79. The second-order valence-electron chi connectivity index (χ2n) is 7.62. The van der Waals surface area contributed by atoms with Crippen molar-refractivity contribution in [2.45, 2.75) is 18.5 Å². The minimum Gasteiger partial charge on any atom is -0.454 e. The molecule has 3 aromatic rings. The van der Waals surface area contributed by atoms with E-state index >= 15 is 0 Å². The molecule has 2 aliphatic heterocycles. The van der Waals surface area contributed by atoms with Gasteiger partial charge in [-0.1, -0.05) is 30.3 Å². The minimum atomic E-state index is -0.573. The van der Waals surface area contributed by atoms with Gasteiger partial charge in [-0.05, 0) is 41.0 Å². The van der Waals surface area contributed by atoms with Crippen LogP contribution >= 0.6 is 0 Å². The lowest BCUT2D eigenvalue weighted by Crippen LogP contribution is -2.45. The molecule has 2 aromatic carbocycles. The van der Waals surface area contributed by atoms with E-state index in [1.165, 1.54) is 0 Å². The van der Waals surface area contributed by atoms with Gasteiger partial charge in [-0.2, -0.15) is 0 Å². The highest BCUT2D eigenvalue weighted by Crippen LogP contribution is 2.44. The van der Waals surface area contributed by atoms with Crippen LogP contribution in [-0.2, 0) is 11.3 Å². The van der Waals surface area contributed by atoms with Crippen molar-refractivity contribution in [1.82, 2.24) is 15.2 Å². The minimum absolute atomic E-state index is 0.116. The zero-order valence-corrected chi connectivity index (χ0v) is 16.9. The first-order chi connectivity index (χ1) is 15.1. The zero-order chi connectivity index (χ0) is 21.4. The van der Waals surface area contributed by atoms with Crippen LogP contribution in [-0.4, -0.2) is 35.5 Å². The highest BCUT2D eigenvalue weighted by Gasteiger charge is 2.42. The molecule has 0 aliphatic carbocycles. The fourth-order valence-corrected chi connectivity index (χ4v) is 4.27. The van der Waals surface area contributed by atoms with Gasteiger partial charge in [-0.25, -0.2) is 0 Å². The van der Waals surface area contributed by atoms with Gasteiger partial charge in [0.2, 0.25) is 12.7 Å².